The van der Waals surface area contributed by atoms with Crippen LogP contribution >= 0.6 is 27.5 Å². The SMILES string of the molecule is Fc1cc(Cl)c(C(Br)CC2CCCCC2)cc1F. The fraction of sp³-hybridized carbons (Fsp3) is 0.571. The van der Waals surface area contributed by atoms with Gasteiger partial charge in [0.25, 0.3) is 0 Å². The number of hydrogen-bond acceptors (Lipinski definition) is 0. The van der Waals surface area contributed by atoms with E-state index in [2.05, 4.69) is 15.9 Å². The van der Waals surface area contributed by atoms with Crippen LogP contribution in [0.15, 0.2) is 12.1 Å². The monoisotopic (exact) mass is 336 g/mol. The van der Waals surface area contributed by atoms with Crippen molar-refractivity contribution in [1.82, 2.24) is 0 Å². The van der Waals surface area contributed by atoms with Crippen LogP contribution in [0.1, 0.15) is 48.9 Å². The summed E-state index contributed by atoms with van der Waals surface area (Å²) in [6.07, 6.45) is 7.25. The standard InChI is InChI=1S/C14H16BrClF2/c15-11(6-9-4-2-1-3-5-9)10-7-13(17)14(18)8-12(10)16/h7-9,11H,1-6H2. The van der Waals surface area contributed by atoms with Crippen LogP contribution in [0.3, 0.4) is 0 Å². The molecule has 0 aromatic heterocycles. The maximum absolute atomic E-state index is 13.2. The van der Waals surface area contributed by atoms with Crippen molar-refractivity contribution < 1.29 is 8.78 Å². The first-order valence-corrected chi connectivity index (χ1v) is 7.66. The molecule has 1 aromatic carbocycles. The van der Waals surface area contributed by atoms with Crippen molar-refractivity contribution in [1.29, 1.82) is 0 Å². The predicted octanol–water partition coefficient (Wildman–Crippen LogP) is 6.02. The minimum absolute atomic E-state index is 0.00296. The number of hydrogen-bond donors (Lipinski definition) is 0. The van der Waals surface area contributed by atoms with Crippen molar-refractivity contribution >= 4 is 27.5 Å². The van der Waals surface area contributed by atoms with Gasteiger partial charge in [0.15, 0.2) is 11.6 Å². The van der Waals surface area contributed by atoms with Crippen molar-refractivity contribution in [3.8, 4) is 0 Å². The minimum atomic E-state index is -0.888. The highest BCUT2D eigenvalue weighted by Gasteiger charge is 2.21. The Labute approximate surface area is 120 Å². The van der Waals surface area contributed by atoms with E-state index < -0.39 is 11.6 Å². The van der Waals surface area contributed by atoms with Crippen molar-refractivity contribution in [2.45, 2.75) is 43.4 Å². The molecule has 0 N–H and O–H groups in total. The van der Waals surface area contributed by atoms with E-state index in [9.17, 15) is 8.78 Å². The first-order chi connectivity index (χ1) is 8.58. The molecule has 0 spiro atoms. The normalized spacial score (nSPS) is 18.9. The van der Waals surface area contributed by atoms with E-state index in [1.54, 1.807) is 0 Å². The lowest BCUT2D eigenvalue weighted by molar-refractivity contribution is 0.338. The molecule has 0 aliphatic heterocycles. The number of alkyl halides is 1. The molecule has 0 heterocycles. The average molecular weight is 338 g/mol. The van der Waals surface area contributed by atoms with Crippen LogP contribution < -0.4 is 0 Å². The van der Waals surface area contributed by atoms with E-state index in [0.29, 0.717) is 16.5 Å². The van der Waals surface area contributed by atoms with Gasteiger partial charge >= 0.3 is 0 Å². The molecule has 1 fully saturated rings. The lowest BCUT2D eigenvalue weighted by atomic mass is 9.85. The smallest absolute Gasteiger partial charge is 0.160 e. The molecule has 1 aromatic rings. The fourth-order valence-electron chi connectivity index (χ4n) is 2.62. The van der Waals surface area contributed by atoms with Gasteiger partial charge in [-0.3, -0.25) is 0 Å². The zero-order valence-electron chi connectivity index (χ0n) is 10.1. The van der Waals surface area contributed by atoms with E-state index in [-0.39, 0.29) is 4.83 Å². The summed E-state index contributed by atoms with van der Waals surface area (Å²) in [7, 11) is 0. The summed E-state index contributed by atoms with van der Waals surface area (Å²) in [6.45, 7) is 0. The topological polar surface area (TPSA) is 0 Å². The summed E-state index contributed by atoms with van der Waals surface area (Å²) in [6, 6.07) is 2.27. The first-order valence-electron chi connectivity index (χ1n) is 6.36. The Hall–Kier alpha value is -0.150. The van der Waals surface area contributed by atoms with Crippen LogP contribution in [0.2, 0.25) is 5.02 Å². The van der Waals surface area contributed by atoms with Crippen molar-refractivity contribution in [3.63, 3.8) is 0 Å². The highest BCUT2D eigenvalue weighted by atomic mass is 79.9. The molecule has 1 aliphatic carbocycles. The number of rotatable bonds is 3. The molecular weight excluding hydrogens is 322 g/mol. The third-order valence-corrected chi connectivity index (χ3v) is 4.84. The van der Waals surface area contributed by atoms with E-state index in [1.807, 2.05) is 0 Å². The quantitative estimate of drug-likeness (QED) is 0.467. The lowest BCUT2D eigenvalue weighted by Gasteiger charge is -2.24. The minimum Gasteiger partial charge on any atom is -0.204 e. The predicted molar refractivity (Wildman–Crippen MR) is 74.2 cm³/mol. The zero-order chi connectivity index (χ0) is 13.1. The van der Waals surface area contributed by atoms with Crippen LogP contribution in [0.25, 0.3) is 0 Å². The van der Waals surface area contributed by atoms with E-state index in [1.165, 1.54) is 38.2 Å². The van der Waals surface area contributed by atoms with Crippen LogP contribution in [0.5, 0.6) is 0 Å². The third kappa shape index (κ3) is 3.45. The third-order valence-electron chi connectivity index (χ3n) is 3.64. The van der Waals surface area contributed by atoms with Gasteiger partial charge in [-0.25, -0.2) is 8.78 Å². The summed E-state index contributed by atoms with van der Waals surface area (Å²) < 4.78 is 26.3. The maximum Gasteiger partial charge on any atom is 0.160 e. The van der Waals surface area contributed by atoms with Gasteiger partial charge in [0.2, 0.25) is 0 Å². The Balaban J connectivity index is 2.08. The van der Waals surface area contributed by atoms with Gasteiger partial charge in [0.1, 0.15) is 0 Å². The van der Waals surface area contributed by atoms with Crippen LogP contribution in [-0.4, -0.2) is 0 Å². The second-order valence-electron chi connectivity index (χ2n) is 5.00. The highest BCUT2D eigenvalue weighted by molar-refractivity contribution is 9.09. The molecule has 1 saturated carbocycles. The highest BCUT2D eigenvalue weighted by Crippen LogP contribution is 2.39. The van der Waals surface area contributed by atoms with Crippen LogP contribution in [-0.2, 0) is 0 Å². The van der Waals surface area contributed by atoms with Crippen molar-refractivity contribution in [3.05, 3.63) is 34.4 Å². The molecule has 1 aliphatic rings. The largest absolute Gasteiger partial charge is 0.204 e. The first kappa shape index (κ1) is 14.3. The molecule has 2 rings (SSSR count). The Kier molecular flexibility index (Phi) is 5.02. The Morgan fingerprint density at radius 1 is 1.17 bits per heavy atom. The number of halogens is 4. The Morgan fingerprint density at radius 3 is 2.44 bits per heavy atom. The second kappa shape index (κ2) is 6.33. The van der Waals surface area contributed by atoms with Gasteiger partial charge in [-0.15, -0.1) is 0 Å². The fourth-order valence-corrected chi connectivity index (χ4v) is 3.94. The van der Waals surface area contributed by atoms with Gasteiger partial charge in [-0.1, -0.05) is 59.6 Å². The van der Waals surface area contributed by atoms with Crippen molar-refractivity contribution in [2.75, 3.05) is 0 Å². The maximum atomic E-state index is 13.2. The summed E-state index contributed by atoms with van der Waals surface area (Å²) >= 11 is 9.53. The van der Waals surface area contributed by atoms with E-state index in [4.69, 9.17) is 11.6 Å². The van der Waals surface area contributed by atoms with Crippen molar-refractivity contribution in [2.24, 2.45) is 5.92 Å². The Bertz CT molecular complexity index is 417. The van der Waals surface area contributed by atoms with Gasteiger partial charge in [0.05, 0.1) is 0 Å². The van der Waals surface area contributed by atoms with E-state index >= 15 is 0 Å². The molecule has 4 heteroatoms. The summed E-state index contributed by atoms with van der Waals surface area (Å²) in [5.74, 6) is -1.06. The summed E-state index contributed by atoms with van der Waals surface area (Å²) in [5.41, 5.74) is 0.654. The second-order valence-corrected chi connectivity index (χ2v) is 6.51. The zero-order valence-corrected chi connectivity index (χ0v) is 12.4. The molecular formula is C14H16BrClF2. The van der Waals surface area contributed by atoms with E-state index in [0.717, 1.165) is 12.5 Å². The number of benzene rings is 1. The molecule has 0 radical (unpaired) electrons. The molecule has 0 saturated heterocycles. The van der Waals surface area contributed by atoms with Crippen LogP contribution in [0, 0.1) is 17.6 Å². The molecule has 0 amide bonds. The Morgan fingerprint density at radius 2 is 1.78 bits per heavy atom. The molecule has 0 nitrogen and oxygen atoms in total. The van der Waals surface area contributed by atoms with Crippen LogP contribution in [0.4, 0.5) is 8.78 Å². The van der Waals surface area contributed by atoms with Gasteiger partial charge in [-0.2, -0.15) is 0 Å². The van der Waals surface area contributed by atoms with Gasteiger partial charge < -0.3 is 0 Å². The lowest BCUT2D eigenvalue weighted by Crippen LogP contribution is -2.09. The van der Waals surface area contributed by atoms with Gasteiger partial charge in [-0.05, 0) is 30.0 Å². The average Bonchev–Trinajstić information content (AvgIpc) is 2.35. The summed E-state index contributed by atoms with van der Waals surface area (Å²) in [4.78, 5) is 0.00296. The molecule has 100 valence electrons. The molecule has 18 heavy (non-hydrogen) atoms. The molecule has 0 bridgehead atoms. The molecule has 1 unspecified atom stereocenters. The van der Waals surface area contributed by atoms with Gasteiger partial charge in [0, 0.05) is 9.85 Å². The molecule has 1 atom stereocenters. The summed E-state index contributed by atoms with van der Waals surface area (Å²) in [5, 5.41) is 0.298.